The van der Waals surface area contributed by atoms with Gasteiger partial charge in [-0.3, -0.25) is 9.59 Å². The van der Waals surface area contributed by atoms with Crippen molar-refractivity contribution < 1.29 is 19.1 Å². The van der Waals surface area contributed by atoms with Gasteiger partial charge >= 0.3 is 5.97 Å². The third kappa shape index (κ3) is 4.50. The normalized spacial score (nSPS) is 20.9. The van der Waals surface area contributed by atoms with Crippen molar-refractivity contribution in [3.05, 3.63) is 48.0 Å². The number of likely N-dealkylation sites (tertiary alicyclic amines) is 1. The molecule has 2 aromatic carbocycles. The van der Waals surface area contributed by atoms with Crippen LogP contribution in [-0.4, -0.2) is 48.4 Å². The van der Waals surface area contributed by atoms with Gasteiger partial charge in [0.25, 0.3) is 5.91 Å². The van der Waals surface area contributed by atoms with Crippen molar-refractivity contribution in [1.29, 1.82) is 0 Å². The van der Waals surface area contributed by atoms with Crippen molar-refractivity contribution in [2.75, 3.05) is 20.2 Å². The molecule has 1 aliphatic heterocycles. The molecular formula is C26H32N2O4. The van der Waals surface area contributed by atoms with Crippen LogP contribution < -0.4 is 5.32 Å². The lowest BCUT2D eigenvalue weighted by molar-refractivity contribution is -0.152. The number of rotatable bonds is 4. The largest absolute Gasteiger partial charge is 0.467 e. The molecule has 2 aromatic rings. The predicted molar refractivity (Wildman–Crippen MR) is 123 cm³/mol. The van der Waals surface area contributed by atoms with Crippen LogP contribution in [0.2, 0.25) is 0 Å². The molecule has 2 amide bonds. The van der Waals surface area contributed by atoms with Crippen molar-refractivity contribution in [1.82, 2.24) is 10.2 Å². The first-order chi connectivity index (χ1) is 15.5. The maximum atomic E-state index is 13.4. The minimum atomic E-state index is -0.940. The summed E-state index contributed by atoms with van der Waals surface area (Å²) in [6.45, 7) is 0.999. The molecule has 0 radical (unpaired) electrons. The summed E-state index contributed by atoms with van der Waals surface area (Å²) in [7, 11) is 1.38. The molecule has 1 atom stereocenters. The molecule has 1 heterocycles. The zero-order valence-corrected chi connectivity index (χ0v) is 18.8. The van der Waals surface area contributed by atoms with E-state index in [-0.39, 0.29) is 23.7 Å². The highest BCUT2D eigenvalue weighted by molar-refractivity contribution is 6.07. The van der Waals surface area contributed by atoms with Crippen molar-refractivity contribution >= 4 is 28.6 Å². The van der Waals surface area contributed by atoms with Crippen LogP contribution in [-0.2, 0) is 14.3 Å². The fourth-order valence-corrected chi connectivity index (χ4v) is 5.20. The molecule has 1 saturated heterocycles. The van der Waals surface area contributed by atoms with Crippen molar-refractivity contribution in [3.63, 3.8) is 0 Å². The highest BCUT2D eigenvalue weighted by Crippen LogP contribution is 2.30. The van der Waals surface area contributed by atoms with Crippen LogP contribution >= 0.6 is 0 Å². The van der Waals surface area contributed by atoms with Gasteiger partial charge in [-0.25, -0.2) is 4.79 Å². The fraction of sp³-hybridized carbons (Fsp3) is 0.500. The van der Waals surface area contributed by atoms with E-state index < -0.39 is 5.54 Å². The van der Waals surface area contributed by atoms with Crippen LogP contribution in [0, 0.1) is 5.92 Å². The summed E-state index contributed by atoms with van der Waals surface area (Å²) < 4.78 is 5.08. The van der Waals surface area contributed by atoms with Gasteiger partial charge in [0.15, 0.2) is 0 Å². The average Bonchev–Trinajstić information content (AvgIpc) is 3.09. The number of benzene rings is 2. The number of hydrogen-bond donors (Lipinski definition) is 1. The smallest absolute Gasteiger partial charge is 0.331 e. The molecule has 4 rings (SSSR count). The second-order valence-corrected chi connectivity index (χ2v) is 9.09. The lowest BCUT2D eigenvalue weighted by Gasteiger charge is -2.36. The molecule has 1 N–H and O–H groups in total. The Bertz CT molecular complexity index is 989. The Morgan fingerprint density at radius 1 is 0.969 bits per heavy atom. The first-order valence-corrected chi connectivity index (χ1v) is 11.7. The van der Waals surface area contributed by atoms with E-state index in [9.17, 15) is 14.4 Å². The third-order valence-corrected chi connectivity index (χ3v) is 7.00. The summed E-state index contributed by atoms with van der Waals surface area (Å²) in [6.07, 6.45) is 6.60. The highest BCUT2D eigenvalue weighted by Gasteiger charge is 2.43. The second-order valence-electron chi connectivity index (χ2n) is 9.09. The van der Waals surface area contributed by atoms with Crippen LogP contribution in [0.15, 0.2) is 42.5 Å². The number of ether oxygens (including phenoxy) is 1. The van der Waals surface area contributed by atoms with Crippen molar-refractivity contribution in [2.45, 2.75) is 56.9 Å². The van der Waals surface area contributed by atoms with Crippen LogP contribution in [0.1, 0.15) is 61.7 Å². The molecule has 1 saturated carbocycles. The number of carbonyl (C=O) groups excluding carboxylic acids is 3. The molecule has 6 heteroatoms. The monoisotopic (exact) mass is 436 g/mol. The number of carbonyl (C=O) groups is 3. The van der Waals surface area contributed by atoms with Crippen LogP contribution in [0.25, 0.3) is 10.8 Å². The summed E-state index contributed by atoms with van der Waals surface area (Å²) in [4.78, 5) is 41.0. The number of hydrogen-bond acceptors (Lipinski definition) is 4. The number of methoxy groups -OCH3 is 1. The summed E-state index contributed by atoms with van der Waals surface area (Å²) in [5.74, 6) is -0.871. The van der Waals surface area contributed by atoms with E-state index in [0.717, 1.165) is 42.9 Å². The Hall–Kier alpha value is -2.89. The second kappa shape index (κ2) is 9.72. The van der Waals surface area contributed by atoms with Crippen molar-refractivity contribution in [3.8, 4) is 0 Å². The summed E-state index contributed by atoms with van der Waals surface area (Å²) in [5.41, 5.74) is -0.275. The number of fused-ring (bicyclic) bond motifs is 1. The molecule has 2 fully saturated rings. The van der Waals surface area contributed by atoms with Gasteiger partial charge < -0.3 is 15.0 Å². The first kappa shape index (κ1) is 22.3. The molecule has 1 aliphatic carbocycles. The van der Waals surface area contributed by atoms with Gasteiger partial charge in [0.1, 0.15) is 5.54 Å². The number of nitrogens with zero attached hydrogens (tertiary/aromatic N) is 1. The summed E-state index contributed by atoms with van der Waals surface area (Å²) in [5, 5.41) is 5.02. The molecule has 0 aromatic heterocycles. The zero-order chi connectivity index (χ0) is 22.6. The van der Waals surface area contributed by atoms with Gasteiger partial charge in [-0.1, -0.05) is 62.1 Å². The topological polar surface area (TPSA) is 75.7 Å². The standard InChI is InChI=1S/C26H32N2O4/c1-32-25(31)26(15-6-2-3-7-16-26)27-23(29)20-12-9-17-28(18-20)24(30)22-14-8-11-19-10-4-5-13-21(19)22/h4-5,8,10-11,13-14,20H,2-3,6-7,9,12,15-18H2,1H3,(H,27,29). The molecule has 1 unspecified atom stereocenters. The number of nitrogens with one attached hydrogen (secondary N) is 1. The van der Waals surface area contributed by atoms with E-state index >= 15 is 0 Å². The Balaban J connectivity index is 1.50. The molecular weight excluding hydrogens is 404 g/mol. The third-order valence-electron chi connectivity index (χ3n) is 7.00. The molecule has 0 spiro atoms. The Morgan fingerprint density at radius 2 is 1.69 bits per heavy atom. The molecule has 2 aliphatic rings. The van der Waals surface area contributed by atoms with Gasteiger partial charge in [-0.05, 0) is 42.5 Å². The molecule has 6 nitrogen and oxygen atoms in total. The number of amides is 2. The first-order valence-electron chi connectivity index (χ1n) is 11.7. The predicted octanol–water partition coefficient (Wildman–Crippen LogP) is 4.07. The van der Waals surface area contributed by atoms with Gasteiger partial charge in [-0.2, -0.15) is 0 Å². The SMILES string of the molecule is COC(=O)C1(NC(=O)C2CCCN(C(=O)c3cccc4ccccc34)C2)CCCCCC1. The van der Waals surface area contributed by atoms with E-state index in [2.05, 4.69) is 5.32 Å². The number of piperidine rings is 1. The Labute approximate surface area is 189 Å². The minimum Gasteiger partial charge on any atom is -0.467 e. The fourth-order valence-electron chi connectivity index (χ4n) is 5.20. The quantitative estimate of drug-likeness (QED) is 0.579. The zero-order valence-electron chi connectivity index (χ0n) is 18.8. The Morgan fingerprint density at radius 3 is 2.44 bits per heavy atom. The van der Waals surface area contributed by atoms with Gasteiger partial charge in [0, 0.05) is 18.7 Å². The Kier molecular flexibility index (Phi) is 6.77. The maximum Gasteiger partial charge on any atom is 0.331 e. The van der Waals surface area contributed by atoms with E-state index in [1.807, 2.05) is 42.5 Å². The summed E-state index contributed by atoms with van der Waals surface area (Å²) >= 11 is 0. The molecule has 32 heavy (non-hydrogen) atoms. The van der Waals surface area contributed by atoms with Gasteiger partial charge in [0.05, 0.1) is 13.0 Å². The molecule has 0 bridgehead atoms. The molecule has 170 valence electrons. The summed E-state index contributed by atoms with van der Waals surface area (Å²) in [6, 6.07) is 13.6. The van der Waals surface area contributed by atoms with Crippen molar-refractivity contribution in [2.24, 2.45) is 5.92 Å². The average molecular weight is 437 g/mol. The van der Waals surface area contributed by atoms with Gasteiger partial charge in [-0.15, -0.1) is 0 Å². The van der Waals surface area contributed by atoms with E-state index in [1.165, 1.54) is 7.11 Å². The van der Waals surface area contributed by atoms with Crippen LogP contribution in [0.4, 0.5) is 0 Å². The lowest BCUT2D eigenvalue weighted by atomic mass is 9.88. The number of esters is 1. The van der Waals surface area contributed by atoms with Crippen LogP contribution in [0.5, 0.6) is 0 Å². The lowest BCUT2D eigenvalue weighted by Crippen LogP contribution is -2.57. The highest BCUT2D eigenvalue weighted by atomic mass is 16.5. The minimum absolute atomic E-state index is 0.0450. The van der Waals surface area contributed by atoms with E-state index in [1.54, 1.807) is 4.90 Å². The van der Waals surface area contributed by atoms with E-state index in [4.69, 9.17) is 4.74 Å². The van der Waals surface area contributed by atoms with Crippen LogP contribution in [0.3, 0.4) is 0 Å². The van der Waals surface area contributed by atoms with Gasteiger partial charge in [0.2, 0.25) is 5.91 Å². The maximum absolute atomic E-state index is 13.4. The van der Waals surface area contributed by atoms with E-state index in [0.29, 0.717) is 37.9 Å².